The number of hydrogen-bond acceptors (Lipinski definition) is 2. The van der Waals surface area contributed by atoms with Gasteiger partial charge in [0.15, 0.2) is 0 Å². The Morgan fingerprint density at radius 3 is 2.52 bits per heavy atom. The van der Waals surface area contributed by atoms with Crippen LogP contribution in [-0.4, -0.2) is 12.5 Å². The molecule has 5 heteroatoms. The van der Waals surface area contributed by atoms with Gasteiger partial charge < -0.3 is 10.1 Å². The van der Waals surface area contributed by atoms with Crippen molar-refractivity contribution in [1.29, 1.82) is 0 Å². The average molecular weight is 400 g/mol. The summed E-state index contributed by atoms with van der Waals surface area (Å²) in [4.78, 5) is 12.4. The van der Waals surface area contributed by atoms with Crippen molar-refractivity contribution in [3.05, 3.63) is 99.5 Å². The van der Waals surface area contributed by atoms with Gasteiger partial charge in [-0.25, -0.2) is 0 Å². The zero-order chi connectivity index (χ0) is 19.1. The van der Waals surface area contributed by atoms with Crippen molar-refractivity contribution in [3.8, 4) is 5.75 Å². The van der Waals surface area contributed by atoms with Crippen LogP contribution < -0.4 is 10.1 Å². The van der Waals surface area contributed by atoms with E-state index in [4.69, 9.17) is 27.9 Å². The van der Waals surface area contributed by atoms with Crippen molar-refractivity contribution < 1.29 is 9.53 Å². The summed E-state index contributed by atoms with van der Waals surface area (Å²) >= 11 is 12.0. The van der Waals surface area contributed by atoms with Crippen molar-refractivity contribution in [2.24, 2.45) is 0 Å². The summed E-state index contributed by atoms with van der Waals surface area (Å²) in [5.41, 5.74) is 2.56. The van der Waals surface area contributed by atoms with Gasteiger partial charge in [0.25, 0.3) is 5.91 Å². The van der Waals surface area contributed by atoms with Gasteiger partial charge in [-0.1, -0.05) is 65.7 Å². The molecular weight excluding hydrogens is 381 g/mol. The third kappa shape index (κ3) is 5.75. The smallest absolute Gasteiger partial charge is 0.251 e. The van der Waals surface area contributed by atoms with E-state index in [0.717, 1.165) is 12.0 Å². The third-order valence-electron chi connectivity index (χ3n) is 4.05. The van der Waals surface area contributed by atoms with Gasteiger partial charge in [0.2, 0.25) is 0 Å². The van der Waals surface area contributed by atoms with Crippen molar-refractivity contribution in [2.75, 3.05) is 6.61 Å². The highest BCUT2D eigenvalue weighted by atomic mass is 35.5. The summed E-state index contributed by atoms with van der Waals surface area (Å²) in [5.74, 6) is 0.484. The minimum atomic E-state index is -0.186. The lowest BCUT2D eigenvalue weighted by Gasteiger charge is -2.10. The maximum atomic E-state index is 12.4. The number of nitrogens with one attached hydrogen (secondary N) is 1. The van der Waals surface area contributed by atoms with E-state index >= 15 is 0 Å². The molecule has 0 bridgehead atoms. The third-order valence-corrected chi connectivity index (χ3v) is 4.64. The van der Waals surface area contributed by atoms with Crippen molar-refractivity contribution in [1.82, 2.24) is 5.32 Å². The molecule has 0 heterocycles. The van der Waals surface area contributed by atoms with E-state index < -0.39 is 0 Å². The SMILES string of the molecule is O=C(NCc1ccc(Cl)cc1Cl)c1cccc(OCCc2ccccc2)c1. The van der Waals surface area contributed by atoms with Gasteiger partial charge in [-0.3, -0.25) is 4.79 Å². The zero-order valence-electron chi connectivity index (χ0n) is 14.6. The van der Waals surface area contributed by atoms with Crippen LogP contribution in [0.1, 0.15) is 21.5 Å². The van der Waals surface area contributed by atoms with Gasteiger partial charge in [-0.15, -0.1) is 0 Å². The highest BCUT2D eigenvalue weighted by Gasteiger charge is 2.08. The molecule has 0 aliphatic carbocycles. The molecule has 0 atom stereocenters. The second kappa shape index (κ2) is 9.45. The van der Waals surface area contributed by atoms with Gasteiger partial charge in [0.1, 0.15) is 5.75 Å². The molecule has 1 amide bonds. The lowest BCUT2D eigenvalue weighted by Crippen LogP contribution is -2.23. The molecular formula is C22H19Cl2NO2. The van der Waals surface area contributed by atoms with Crippen LogP contribution in [0.25, 0.3) is 0 Å². The second-order valence-electron chi connectivity index (χ2n) is 6.03. The Labute approximate surface area is 168 Å². The van der Waals surface area contributed by atoms with E-state index in [1.165, 1.54) is 5.56 Å². The predicted octanol–water partition coefficient (Wildman–Crippen LogP) is 5.54. The van der Waals surface area contributed by atoms with Gasteiger partial charge in [0.05, 0.1) is 6.61 Å². The second-order valence-corrected chi connectivity index (χ2v) is 6.87. The Kier molecular flexibility index (Phi) is 6.74. The van der Waals surface area contributed by atoms with E-state index in [2.05, 4.69) is 17.4 Å². The molecule has 0 saturated heterocycles. The Morgan fingerprint density at radius 2 is 1.74 bits per heavy atom. The molecule has 27 heavy (non-hydrogen) atoms. The van der Waals surface area contributed by atoms with Crippen LogP contribution in [0.4, 0.5) is 0 Å². The molecule has 0 spiro atoms. The fourth-order valence-corrected chi connectivity index (χ4v) is 3.08. The first-order valence-electron chi connectivity index (χ1n) is 8.61. The summed E-state index contributed by atoms with van der Waals surface area (Å²) in [5, 5.41) is 3.96. The topological polar surface area (TPSA) is 38.3 Å². The minimum Gasteiger partial charge on any atom is -0.493 e. The zero-order valence-corrected chi connectivity index (χ0v) is 16.1. The van der Waals surface area contributed by atoms with E-state index in [9.17, 15) is 4.79 Å². The van der Waals surface area contributed by atoms with Gasteiger partial charge in [0, 0.05) is 28.6 Å². The maximum absolute atomic E-state index is 12.4. The van der Waals surface area contributed by atoms with Crippen LogP contribution in [0.5, 0.6) is 5.75 Å². The molecule has 0 aliphatic rings. The Bertz CT molecular complexity index is 913. The van der Waals surface area contributed by atoms with Crippen LogP contribution in [0.2, 0.25) is 10.0 Å². The maximum Gasteiger partial charge on any atom is 0.251 e. The number of ether oxygens (including phenoxy) is 1. The number of hydrogen-bond donors (Lipinski definition) is 1. The monoisotopic (exact) mass is 399 g/mol. The summed E-state index contributed by atoms with van der Waals surface area (Å²) in [6.07, 6.45) is 0.812. The van der Waals surface area contributed by atoms with Crippen molar-refractivity contribution in [3.63, 3.8) is 0 Å². The average Bonchev–Trinajstić information content (AvgIpc) is 2.68. The quantitative estimate of drug-likeness (QED) is 0.565. The highest BCUT2D eigenvalue weighted by molar-refractivity contribution is 6.35. The molecule has 3 rings (SSSR count). The normalized spacial score (nSPS) is 10.4. The molecule has 0 radical (unpaired) electrons. The summed E-state index contributed by atoms with van der Waals surface area (Å²) in [7, 11) is 0. The Balaban J connectivity index is 1.55. The van der Waals surface area contributed by atoms with Crippen LogP contribution >= 0.6 is 23.2 Å². The summed E-state index contributed by atoms with van der Waals surface area (Å²) in [6.45, 7) is 0.878. The lowest BCUT2D eigenvalue weighted by atomic mass is 10.1. The first-order chi connectivity index (χ1) is 13.1. The summed E-state index contributed by atoms with van der Waals surface area (Å²) < 4.78 is 5.78. The van der Waals surface area contributed by atoms with E-state index in [1.54, 1.807) is 30.3 Å². The Morgan fingerprint density at radius 1 is 0.926 bits per heavy atom. The van der Waals surface area contributed by atoms with E-state index in [0.29, 0.717) is 34.5 Å². The molecule has 0 unspecified atom stereocenters. The summed E-state index contributed by atoms with van der Waals surface area (Å²) in [6, 6.07) is 22.5. The van der Waals surface area contributed by atoms with E-state index in [1.807, 2.05) is 30.3 Å². The molecule has 0 aliphatic heterocycles. The molecule has 0 aromatic heterocycles. The first kappa shape index (κ1) is 19.3. The largest absolute Gasteiger partial charge is 0.493 e. The molecule has 0 fully saturated rings. The molecule has 0 saturated carbocycles. The number of halogens is 2. The number of carbonyl (C=O) groups is 1. The Hall–Kier alpha value is -2.49. The van der Waals surface area contributed by atoms with Crippen LogP contribution in [0.15, 0.2) is 72.8 Å². The van der Waals surface area contributed by atoms with E-state index in [-0.39, 0.29) is 5.91 Å². The van der Waals surface area contributed by atoms with Crippen molar-refractivity contribution in [2.45, 2.75) is 13.0 Å². The van der Waals surface area contributed by atoms with Crippen LogP contribution in [0.3, 0.4) is 0 Å². The number of rotatable bonds is 7. The fraction of sp³-hybridized carbons (Fsp3) is 0.136. The number of carbonyl (C=O) groups excluding carboxylic acids is 1. The molecule has 3 aromatic carbocycles. The highest BCUT2D eigenvalue weighted by Crippen LogP contribution is 2.21. The lowest BCUT2D eigenvalue weighted by molar-refractivity contribution is 0.0950. The van der Waals surface area contributed by atoms with Gasteiger partial charge in [-0.05, 0) is 41.5 Å². The standard InChI is InChI=1S/C22H19Cl2NO2/c23-19-10-9-18(21(24)14-19)15-25-22(26)17-7-4-8-20(13-17)27-12-11-16-5-2-1-3-6-16/h1-10,13-14H,11-12,15H2,(H,25,26). The van der Waals surface area contributed by atoms with Gasteiger partial charge in [-0.2, -0.15) is 0 Å². The molecule has 1 N–H and O–H groups in total. The van der Waals surface area contributed by atoms with Crippen LogP contribution in [-0.2, 0) is 13.0 Å². The van der Waals surface area contributed by atoms with Crippen molar-refractivity contribution >= 4 is 29.1 Å². The molecule has 3 nitrogen and oxygen atoms in total. The van der Waals surface area contributed by atoms with Crippen LogP contribution in [0, 0.1) is 0 Å². The first-order valence-corrected chi connectivity index (χ1v) is 9.36. The molecule has 138 valence electrons. The van der Waals surface area contributed by atoms with Gasteiger partial charge >= 0.3 is 0 Å². The minimum absolute atomic E-state index is 0.186. The number of benzene rings is 3. The fourth-order valence-electron chi connectivity index (χ4n) is 2.60. The predicted molar refractivity (Wildman–Crippen MR) is 110 cm³/mol. The molecule has 3 aromatic rings. The number of amides is 1.